The minimum atomic E-state index is 0.0161. The fourth-order valence-corrected chi connectivity index (χ4v) is 4.41. The van der Waals surface area contributed by atoms with Crippen molar-refractivity contribution in [3.05, 3.63) is 0 Å². The van der Waals surface area contributed by atoms with E-state index in [0.29, 0.717) is 13.0 Å². The van der Waals surface area contributed by atoms with Crippen molar-refractivity contribution < 1.29 is 14.3 Å². The Balaban J connectivity index is 3.14. The first-order valence-electron chi connectivity index (χ1n) is 15.0. The highest BCUT2D eigenvalue weighted by atomic mass is 16.5. The Morgan fingerprint density at radius 3 is 1.24 bits per heavy atom. The number of esters is 1. The van der Waals surface area contributed by atoms with Crippen LogP contribution in [0.25, 0.3) is 0 Å². The van der Waals surface area contributed by atoms with E-state index in [9.17, 15) is 4.79 Å². The summed E-state index contributed by atoms with van der Waals surface area (Å²) in [5.41, 5.74) is 0. The molecule has 0 rings (SSSR count). The molecular formula is C30H60O3. The van der Waals surface area contributed by atoms with Crippen LogP contribution in [0.2, 0.25) is 0 Å². The van der Waals surface area contributed by atoms with Gasteiger partial charge in [0.15, 0.2) is 0 Å². The lowest BCUT2D eigenvalue weighted by Gasteiger charge is -2.06. The second-order valence-corrected chi connectivity index (χ2v) is 9.95. The predicted molar refractivity (Wildman–Crippen MR) is 144 cm³/mol. The summed E-state index contributed by atoms with van der Waals surface area (Å²) in [7, 11) is 0. The lowest BCUT2D eigenvalue weighted by molar-refractivity contribution is -0.143. The van der Waals surface area contributed by atoms with Gasteiger partial charge < -0.3 is 9.47 Å². The number of hydrogen-bond acceptors (Lipinski definition) is 3. The number of rotatable bonds is 28. The van der Waals surface area contributed by atoms with E-state index in [1.807, 2.05) is 0 Å². The van der Waals surface area contributed by atoms with Gasteiger partial charge in [0, 0.05) is 19.6 Å². The van der Waals surface area contributed by atoms with E-state index in [-0.39, 0.29) is 5.97 Å². The lowest BCUT2D eigenvalue weighted by Crippen LogP contribution is -2.05. The molecule has 0 aliphatic heterocycles. The van der Waals surface area contributed by atoms with Gasteiger partial charge >= 0.3 is 5.97 Å². The number of ether oxygens (including phenoxy) is 2. The molecule has 0 saturated carbocycles. The second kappa shape index (κ2) is 29.5. The average Bonchev–Trinajstić information content (AvgIpc) is 2.82. The summed E-state index contributed by atoms with van der Waals surface area (Å²) in [6.07, 6.45) is 30.8. The van der Waals surface area contributed by atoms with Crippen molar-refractivity contribution in [1.82, 2.24) is 0 Å². The minimum absolute atomic E-state index is 0.0161. The molecule has 0 bridgehead atoms. The van der Waals surface area contributed by atoms with Crippen LogP contribution in [0.15, 0.2) is 0 Å². The molecule has 0 unspecified atom stereocenters. The Hall–Kier alpha value is -0.570. The van der Waals surface area contributed by atoms with Crippen molar-refractivity contribution >= 4 is 5.97 Å². The van der Waals surface area contributed by atoms with Crippen LogP contribution in [0, 0.1) is 0 Å². The molecule has 0 aromatic carbocycles. The Labute approximate surface area is 208 Å². The molecule has 0 N–H and O–H groups in total. The summed E-state index contributed by atoms with van der Waals surface area (Å²) < 4.78 is 10.8. The molecule has 0 atom stereocenters. The number of unbranched alkanes of at least 4 members (excludes halogenated alkanes) is 21. The maximum Gasteiger partial charge on any atom is 0.305 e. The zero-order chi connectivity index (χ0) is 24.1. The van der Waals surface area contributed by atoms with E-state index >= 15 is 0 Å². The van der Waals surface area contributed by atoms with Crippen molar-refractivity contribution in [1.29, 1.82) is 0 Å². The van der Waals surface area contributed by atoms with E-state index in [4.69, 9.17) is 9.47 Å². The van der Waals surface area contributed by atoms with Gasteiger partial charge in [0.05, 0.1) is 6.61 Å². The third kappa shape index (κ3) is 29.4. The van der Waals surface area contributed by atoms with Crippen LogP contribution in [-0.2, 0) is 14.3 Å². The number of hydrogen-bond donors (Lipinski definition) is 0. The Kier molecular flexibility index (Phi) is 29.0. The molecule has 0 aliphatic rings. The molecule has 0 radical (unpaired) electrons. The van der Waals surface area contributed by atoms with Crippen molar-refractivity contribution in [2.75, 3.05) is 19.8 Å². The zero-order valence-corrected chi connectivity index (χ0v) is 22.8. The molecule has 0 heterocycles. The second-order valence-electron chi connectivity index (χ2n) is 9.95. The van der Waals surface area contributed by atoms with Gasteiger partial charge in [0.2, 0.25) is 0 Å². The maximum absolute atomic E-state index is 11.8. The molecule has 0 saturated heterocycles. The van der Waals surface area contributed by atoms with E-state index in [1.165, 1.54) is 135 Å². The first-order valence-corrected chi connectivity index (χ1v) is 15.0. The third-order valence-electron chi connectivity index (χ3n) is 6.63. The standard InChI is InChI=1S/C30H60O3/c1-3-5-6-7-8-9-10-14-17-20-23-26-29-33-30(31)27-24-21-18-15-12-11-13-16-19-22-25-28-32-4-2/h3-29H2,1-2H3. The van der Waals surface area contributed by atoms with Crippen LogP contribution in [0.1, 0.15) is 168 Å². The number of carbonyl (C=O) groups is 1. The summed E-state index contributed by atoms with van der Waals surface area (Å²) in [5, 5.41) is 0. The smallest absolute Gasteiger partial charge is 0.305 e. The number of carbonyl (C=O) groups excluding carboxylic acids is 1. The van der Waals surface area contributed by atoms with Gasteiger partial charge in [-0.2, -0.15) is 0 Å². The quantitative estimate of drug-likeness (QED) is 0.0846. The highest BCUT2D eigenvalue weighted by molar-refractivity contribution is 5.69. The Bertz CT molecular complexity index is 370. The highest BCUT2D eigenvalue weighted by Crippen LogP contribution is 2.13. The van der Waals surface area contributed by atoms with E-state index < -0.39 is 0 Å². The molecule has 0 fully saturated rings. The fraction of sp³-hybridized carbons (Fsp3) is 0.967. The van der Waals surface area contributed by atoms with Gasteiger partial charge in [-0.25, -0.2) is 0 Å². The monoisotopic (exact) mass is 468 g/mol. The third-order valence-corrected chi connectivity index (χ3v) is 6.63. The van der Waals surface area contributed by atoms with Gasteiger partial charge in [-0.1, -0.05) is 135 Å². The predicted octanol–water partition coefficient (Wildman–Crippen LogP) is 9.95. The van der Waals surface area contributed by atoms with Crippen LogP contribution in [0.5, 0.6) is 0 Å². The first kappa shape index (κ1) is 32.4. The van der Waals surface area contributed by atoms with Crippen molar-refractivity contribution in [2.45, 2.75) is 168 Å². The summed E-state index contributed by atoms with van der Waals surface area (Å²) in [6, 6.07) is 0. The highest BCUT2D eigenvalue weighted by Gasteiger charge is 2.02. The first-order chi connectivity index (χ1) is 16.3. The van der Waals surface area contributed by atoms with Crippen LogP contribution in [-0.4, -0.2) is 25.8 Å². The maximum atomic E-state index is 11.8. The van der Waals surface area contributed by atoms with Crippen LogP contribution in [0.4, 0.5) is 0 Å². The summed E-state index contributed by atoms with van der Waals surface area (Å²) in [5.74, 6) is 0.0161. The molecule has 0 amide bonds. The van der Waals surface area contributed by atoms with Crippen molar-refractivity contribution in [3.63, 3.8) is 0 Å². The molecule has 3 heteroatoms. The van der Waals surface area contributed by atoms with E-state index in [1.54, 1.807) is 0 Å². The topological polar surface area (TPSA) is 35.5 Å². The fourth-order valence-electron chi connectivity index (χ4n) is 4.41. The lowest BCUT2D eigenvalue weighted by atomic mass is 10.1. The van der Waals surface area contributed by atoms with Crippen LogP contribution < -0.4 is 0 Å². The largest absolute Gasteiger partial charge is 0.466 e. The molecule has 198 valence electrons. The zero-order valence-electron chi connectivity index (χ0n) is 22.8. The molecule has 0 aromatic heterocycles. The van der Waals surface area contributed by atoms with Gasteiger partial charge in [-0.15, -0.1) is 0 Å². The summed E-state index contributed by atoms with van der Waals surface area (Å²) in [6.45, 7) is 6.75. The van der Waals surface area contributed by atoms with E-state index in [0.717, 1.165) is 26.1 Å². The normalized spacial score (nSPS) is 11.2. The molecule has 33 heavy (non-hydrogen) atoms. The summed E-state index contributed by atoms with van der Waals surface area (Å²) in [4.78, 5) is 11.8. The van der Waals surface area contributed by atoms with Crippen LogP contribution >= 0.6 is 0 Å². The Morgan fingerprint density at radius 2 is 0.818 bits per heavy atom. The van der Waals surface area contributed by atoms with Gasteiger partial charge in [-0.05, 0) is 26.2 Å². The SMILES string of the molecule is CCCCCCCCCCCCCCOC(=O)CCCCCCCCCCCCCOCC. The van der Waals surface area contributed by atoms with Gasteiger partial charge in [-0.3, -0.25) is 4.79 Å². The minimum Gasteiger partial charge on any atom is -0.466 e. The Morgan fingerprint density at radius 1 is 0.455 bits per heavy atom. The molecule has 0 aromatic rings. The molecule has 3 nitrogen and oxygen atoms in total. The van der Waals surface area contributed by atoms with Crippen molar-refractivity contribution in [3.8, 4) is 0 Å². The molecule has 0 aliphatic carbocycles. The van der Waals surface area contributed by atoms with Gasteiger partial charge in [0.25, 0.3) is 0 Å². The van der Waals surface area contributed by atoms with Crippen LogP contribution in [0.3, 0.4) is 0 Å². The molecular weight excluding hydrogens is 408 g/mol. The summed E-state index contributed by atoms with van der Waals surface area (Å²) >= 11 is 0. The van der Waals surface area contributed by atoms with E-state index in [2.05, 4.69) is 13.8 Å². The molecule has 0 spiro atoms. The van der Waals surface area contributed by atoms with Crippen molar-refractivity contribution in [2.24, 2.45) is 0 Å². The van der Waals surface area contributed by atoms with Gasteiger partial charge in [0.1, 0.15) is 0 Å². The average molecular weight is 469 g/mol.